The monoisotopic (exact) mass is 248 g/mol. The lowest BCUT2D eigenvalue weighted by Gasteiger charge is -2.22. The summed E-state index contributed by atoms with van der Waals surface area (Å²) in [6.07, 6.45) is 5.94. The number of halogens is 1. The van der Waals surface area contributed by atoms with Gasteiger partial charge in [0.2, 0.25) is 0 Å². The molecule has 2 bridgehead atoms. The van der Waals surface area contributed by atoms with Crippen LogP contribution >= 0.6 is 0 Å². The number of ether oxygens (including phenoxy) is 1. The molecule has 2 aliphatic rings. The fourth-order valence-corrected chi connectivity index (χ4v) is 3.52. The van der Waals surface area contributed by atoms with Crippen LogP contribution in [0.5, 0.6) is 5.75 Å². The topological polar surface area (TPSA) is 26.3 Å². The van der Waals surface area contributed by atoms with Crippen molar-refractivity contribution in [2.75, 3.05) is 6.61 Å². The van der Waals surface area contributed by atoms with Gasteiger partial charge in [0.05, 0.1) is 12.2 Å². The first kappa shape index (κ1) is 11.7. The predicted molar refractivity (Wildman–Crippen MR) is 66.2 cm³/mol. The summed E-state index contributed by atoms with van der Waals surface area (Å²) in [6, 6.07) is 4.11. The Balaban J connectivity index is 1.65. The van der Waals surface area contributed by atoms with E-state index < -0.39 is 5.82 Å². The zero-order chi connectivity index (χ0) is 12.5. The van der Waals surface area contributed by atoms with Crippen LogP contribution in [0.4, 0.5) is 4.39 Å². The molecular formula is C15H17FO2. The lowest BCUT2D eigenvalue weighted by Crippen LogP contribution is -2.18. The zero-order valence-electron chi connectivity index (χ0n) is 10.3. The van der Waals surface area contributed by atoms with Crippen LogP contribution in [-0.4, -0.2) is 12.9 Å². The third-order valence-corrected chi connectivity index (χ3v) is 4.44. The van der Waals surface area contributed by atoms with E-state index >= 15 is 0 Å². The second kappa shape index (κ2) is 4.71. The lowest BCUT2D eigenvalue weighted by atomic mass is 9.89. The summed E-state index contributed by atoms with van der Waals surface area (Å²) in [5, 5.41) is 0. The molecule has 0 N–H and O–H groups in total. The van der Waals surface area contributed by atoms with Crippen LogP contribution in [0.15, 0.2) is 18.2 Å². The lowest BCUT2D eigenvalue weighted by molar-refractivity contribution is 0.111. The van der Waals surface area contributed by atoms with Gasteiger partial charge in [0.25, 0.3) is 0 Å². The summed E-state index contributed by atoms with van der Waals surface area (Å²) >= 11 is 0. The summed E-state index contributed by atoms with van der Waals surface area (Å²) in [6.45, 7) is 0.660. The largest absolute Gasteiger partial charge is 0.493 e. The van der Waals surface area contributed by atoms with Crippen molar-refractivity contribution >= 4 is 6.29 Å². The van der Waals surface area contributed by atoms with Crippen molar-refractivity contribution in [3.05, 3.63) is 29.6 Å². The number of aldehydes is 1. The highest BCUT2D eigenvalue weighted by Gasteiger charge is 2.39. The number of hydrogen-bond acceptors (Lipinski definition) is 2. The third-order valence-electron chi connectivity index (χ3n) is 4.44. The van der Waals surface area contributed by atoms with E-state index in [-0.39, 0.29) is 0 Å². The first-order chi connectivity index (χ1) is 8.76. The smallest absolute Gasteiger partial charge is 0.153 e. The Morgan fingerprint density at radius 1 is 1.33 bits per heavy atom. The van der Waals surface area contributed by atoms with Crippen molar-refractivity contribution in [3.63, 3.8) is 0 Å². The number of benzene rings is 1. The fraction of sp³-hybridized carbons (Fsp3) is 0.533. The third kappa shape index (κ3) is 2.14. The molecule has 2 aliphatic carbocycles. The number of fused-ring (bicyclic) bond motifs is 2. The summed E-state index contributed by atoms with van der Waals surface area (Å²) in [4.78, 5) is 10.9. The molecule has 0 radical (unpaired) electrons. The first-order valence-corrected chi connectivity index (χ1v) is 6.64. The summed E-state index contributed by atoms with van der Waals surface area (Å²) in [5.41, 5.74) is 0.304. The van der Waals surface area contributed by atoms with Crippen LogP contribution in [0.3, 0.4) is 0 Å². The van der Waals surface area contributed by atoms with Gasteiger partial charge in [-0.1, -0.05) is 6.42 Å². The molecule has 0 saturated heterocycles. The van der Waals surface area contributed by atoms with Gasteiger partial charge < -0.3 is 4.74 Å². The molecule has 2 fully saturated rings. The molecule has 0 heterocycles. The molecule has 3 heteroatoms. The van der Waals surface area contributed by atoms with E-state index in [1.165, 1.54) is 37.8 Å². The molecule has 3 unspecified atom stereocenters. The van der Waals surface area contributed by atoms with Gasteiger partial charge in [0, 0.05) is 0 Å². The van der Waals surface area contributed by atoms with Gasteiger partial charge in [0.15, 0.2) is 6.29 Å². The molecule has 1 aromatic carbocycles. The quantitative estimate of drug-likeness (QED) is 0.763. The van der Waals surface area contributed by atoms with Crippen LogP contribution in [0.1, 0.15) is 36.0 Å². The Morgan fingerprint density at radius 3 is 2.89 bits per heavy atom. The van der Waals surface area contributed by atoms with Crippen LogP contribution < -0.4 is 4.74 Å². The SMILES string of the molecule is O=Cc1cc(F)ccc1OCC1CC2CCC1C2. The highest BCUT2D eigenvalue weighted by Crippen LogP contribution is 2.48. The minimum absolute atomic E-state index is 0.304. The predicted octanol–water partition coefficient (Wildman–Crippen LogP) is 3.45. The second-order valence-electron chi connectivity index (χ2n) is 5.55. The number of carbonyl (C=O) groups is 1. The zero-order valence-corrected chi connectivity index (χ0v) is 10.3. The van der Waals surface area contributed by atoms with Crippen molar-refractivity contribution in [2.24, 2.45) is 17.8 Å². The molecule has 0 spiro atoms. The Bertz CT molecular complexity index is 458. The van der Waals surface area contributed by atoms with E-state index in [9.17, 15) is 9.18 Å². The number of rotatable bonds is 4. The van der Waals surface area contributed by atoms with E-state index in [4.69, 9.17) is 4.74 Å². The van der Waals surface area contributed by atoms with Crippen molar-refractivity contribution in [1.29, 1.82) is 0 Å². The Kier molecular flexibility index (Phi) is 3.06. The van der Waals surface area contributed by atoms with Crippen LogP contribution in [-0.2, 0) is 0 Å². The average Bonchev–Trinajstić information content (AvgIpc) is 2.99. The van der Waals surface area contributed by atoms with Gasteiger partial charge in [-0.25, -0.2) is 4.39 Å². The van der Waals surface area contributed by atoms with Gasteiger partial charge >= 0.3 is 0 Å². The second-order valence-corrected chi connectivity index (χ2v) is 5.55. The molecule has 2 nitrogen and oxygen atoms in total. The number of hydrogen-bond donors (Lipinski definition) is 0. The highest BCUT2D eigenvalue weighted by atomic mass is 19.1. The van der Waals surface area contributed by atoms with Crippen molar-refractivity contribution in [2.45, 2.75) is 25.7 Å². The van der Waals surface area contributed by atoms with Gasteiger partial charge in [-0.15, -0.1) is 0 Å². The maximum absolute atomic E-state index is 13.0. The first-order valence-electron chi connectivity index (χ1n) is 6.64. The van der Waals surface area contributed by atoms with Gasteiger partial charge in [-0.05, 0) is 55.2 Å². The van der Waals surface area contributed by atoms with E-state index in [1.54, 1.807) is 6.07 Å². The van der Waals surface area contributed by atoms with Crippen LogP contribution in [0, 0.1) is 23.6 Å². The Labute approximate surface area is 106 Å². The van der Waals surface area contributed by atoms with Crippen molar-refractivity contribution in [1.82, 2.24) is 0 Å². The standard InChI is InChI=1S/C15H17FO2/c16-14-3-4-15(12(7-14)8-17)18-9-13-6-10-1-2-11(13)5-10/h3-4,7-8,10-11,13H,1-2,5-6,9H2. The maximum Gasteiger partial charge on any atom is 0.153 e. The minimum Gasteiger partial charge on any atom is -0.493 e. The molecule has 3 rings (SSSR count). The number of carbonyl (C=O) groups excluding carboxylic acids is 1. The molecule has 0 amide bonds. The maximum atomic E-state index is 13.0. The molecule has 3 atom stereocenters. The van der Waals surface area contributed by atoms with E-state index in [2.05, 4.69) is 0 Å². The Morgan fingerprint density at radius 2 is 2.22 bits per heavy atom. The minimum atomic E-state index is -0.399. The average molecular weight is 248 g/mol. The summed E-state index contributed by atoms with van der Waals surface area (Å²) in [7, 11) is 0. The van der Waals surface area contributed by atoms with Crippen LogP contribution in [0.2, 0.25) is 0 Å². The molecular weight excluding hydrogens is 231 g/mol. The summed E-state index contributed by atoms with van der Waals surface area (Å²) in [5.74, 6) is 2.42. The van der Waals surface area contributed by atoms with Gasteiger partial charge in [-0.2, -0.15) is 0 Å². The van der Waals surface area contributed by atoms with Crippen LogP contribution in [0.25, 0.3) is 0 Å². The molecule has 18 heavy (non-hydrogen) atoms. The van der Waals surface area contributed by atoms with E-state index in [0.29, 0.717) is 30.1 Å². The normalized spacial score (nSPS) is 29.5. The molecule has 2 saturated carbocycles. The summed E-state index contributed by atoms with van der Waals surface area (Å²) < 4.78 is 18.7. The van der Waals surface area contributed by atoms with Gasteiger partial charge in [-0.3, -0.25) is 4.79 Å². The van der Waals surface area contributed by atoms with Gasteiger partial charge in [0.1, 0.15) is 11.6 Å². The molecule has 1 aromatic rings. The van der Waals surface area contributed by atoms with Crippen molar-refractivity contribution in [3.8, 4) is 5.75 Å². The van der Waals surface area contributed by atoms with E-state index in [0.717, 1.165) is 11.8 Å². The van der Waals surface area contributed by atoms with Crippen molar-refractivity contribution < 1.29 is 13.9 Å². The molecule has 96 valence electrons. The molecule has 0 aliphatic heterocycles. The molecule has 0 aromatic heterocycles. The van der Waals surface area contributed by atoms with E-state index in [1.807, 2.05) is 0 Å². The fourth-order valence-electron chi connectivity index (χ4n) is 3.52. The highest BCUT2D eigenvalue weighted by molar-refractivity contribution is 5.79. The Hall–Kier alpha value is -1.38.